The first-order valence-electron chi connectivity index (χ1n) is 6.05. The molecule has 0 radical (unpaired) electrons. The minimum Gasteiger partial charge on any atom is -0.472 e. The molecular weight excluding hydrogens is 202 g/mol. The fourth-order valence-corrected chi connectivity index (χ4v) is 2.63. The summed E-state index contributed by atoms with van der Waals surface area (Å²) in [6.07, 6.45) is 6.95. The van der Waals surface area contributed by atoms with Crippen LogP contribution in [0.3, 0.4) is 0 Å². The van der Waals surface area contributed by atoms with Gasteiger partial charge in [-0.15, -0.1) is 0 Å². The van der Waals surface area contributed by atoms with Gasteiger partial charge in [0.1, 0.15) is 0 Å². The number of aliphatic hydroxyl groups excluding tert-OH is 1. The van der Waals surface area contributed by atoms with Gasteiger partial charge in [-0.25, -0.2) is 0 Å². The fourth-order valence-electron chi connectivity index (χ4n) is 2.63. The van der Waals surface area contributed by atoms with Crippen LogP contribution in [0.4, 0.5) is 0 Å². The first-order valence-corrected chi connectivity index (χ1v) is 6.05. The monoisotopic (exact) mass is 223 g/mol. The molecule has 2 N–H and O–H groups in total. The van der Waals surface area contributed by atoms with Gasteiger partial charge < -0.3 is 14.8 Å². The first kappa shape index (κ1) is 11.7. The number of aliphatic hydroxyl groups is 1. The molecule has 0 saturated heterocycles. The lowest BCUT2D eigenvalue weighted by atomic mass is 9.85. The highest BCUT2D eigenvalue weighted by atomic mass is 16.3. The van der Waals surface area contributed by atoms with E-state index >= 15 is 0 Å². The van der Waals surface area contributed by atoms with Gasteiger partial charge in [0.05, 0.1) is 12.5 Å². The maximum absolute atomic E-state index is 9.48. The second kappa shape index (κ2) is 4.60. The molecule has 1 heterocycles. The van der Waals surface area contributed by atoms with E-state index in [1.807, 2.05) is 6.07 Å². The van der Waals surface area contributed by atoms with Gasteiger partial charge in [0.25, 0.3) is 0 Å². The highest BCUT2D eigenvalue weighted by Gasteiger charge is 2.38. The van der Waals surface area contributed by atoms with Crippen LogP contribution in [0.2, 0.25) is 0 Å². The van der Waals surface area contributed by atoms with Crippen molar-refractivity contribution in [3.05, 3.63) is 24.2 Å². The number of hydrogen-bond donors (Lipinski definition) is 2. The zero-order valence-corrected chi connectivity index (χ0v) is 10.1. The van der Waals surface area contributed by atoms with E-state index in [0.29, 0.717) is 6.04 Å². The topological polar surface area (TPSA) is 45.4 Å². The van der Waals surface area contributed by atoms with E-state index in [2.05, 4.69) is 19.2 Å². The Morgan fingerprint density at radius 2 is 2.50 bits per heavy atom. The van der Waals surface area contributed by atoms with E-state index in [0.717, 1.165) is 12.8 Å². The van der Waals surface area contributed by atoms with Crippen molar-refractivity contribution in [2.75, 3.05) is 6.61 Å². The molecule has 0 amide bonds. The highest BCUT2D eigenvalue weighted by molar-refractivity contribution is 5.11. The molecule has 1 aliphatic rings. The fraction of sp³-hybridized carbons (Fsp3) is 0.692. The third kappa shape index (κ3) is 2.15. The summed E-state index contributed by atoms with van der Waals surface area (Å²) >= 11 is 0. The van der Waals surface area contributed by atoms with Crippen molar-refractivity contribution in [2.24, 2.45) is 5.41 Å². The van der Waals surface area contributed by atoms with Crippen molar-refractivity contribution in [3.63, 3.8) is 0 Å². The normalized spacial score (nSPS) is 31.8. The van der Waals surface area contributed by atoms with Crippen LogP contribution in [-0.2, 0) is 0 Å². The van der Waals surface area contributed by atoms with E-state index in [9.17, 15) is 5.11 Å². The second-order valence-corrected chi connectivity index (χ2v) is 5.20. The summed E-state index contributed by atoms with van der Waals surface area (Å²) in [7, 11) is 0. The SMILES string of the molecule is CC(NC1CCCC1(C)CO)c1ccoc1. The van der Waals surface area contributed by atoms with Crippen LogP contribution in [-0.4, -0.2) is 17.8 Å². The average molecular weight is 223 g/mol. The minimum absolute atomic E-state index is 0.0397. The molecule has 16 heavy (non-hydrogen) atoms. The third-order valence-corrected chi connectivity index (χ3v) is 3.94. The van der Waals surface area contributed by atoms with Crippen LogP contribution in [0.5, 0.6) is 0 Å². The van der Waals surface area contributed by atoms with Gasteiger partial charge in [0, 0.05) is 29.7 Å². The molecule has 0 aromatic carbocycles. The predicted octanol–water partition coefficient (Wildman–Crippen LogP) is 2.48. The highest BCUT2D eigenvalue weighted by Crippen LogP contribution is 2.38. The summed E-state index contributed by atoms with van der Waals surface area (Å²) in [6, 6.07) is 2.68. The molecule has 1 aromatic rings. The van der Waals surface area contributed by atoms with Crippen LogP contribution < -0.4 is 5.32 Å². The quantitative estimate of drug-likeness (QED) is 0.824. The Morgan fingerprint density at radius 3 is 3.12 bits per heavy atom. The van der Waals surface area contributed by atoms with Crippen molar-refractivity contribution in [2.45, 2.75) is 45.2 Å². The summed E-state index contributed by atoms with van der Waals surface area (Å²) < 4.78 is 5.09. The van der Waals surface area contributed by atoms with Gasteiger partial charge >= 0.3 is 0 Å². The number of hydrogen-bond acceptors (Lipinski definition) is 3. The van der Waals surface area contributed by atoms with Gasteiger partial charge in [-0.3, -0.25) is 0 Å². The Hall–Kier alpha value is -0.800. The van der Waals surface area contributed by atoms with E-state index in [-0.39, 0.29) is 18.1 Å². The van der Waals surface area contributed by atoms with Crippen LogP contribution in [0.1, 0.15) is 44.7 Å². The number of furan rings is 1. The molecule has 1 saturated carbocycles. The largest absolute Gasteiger partial charge is 0.472 e. The van der Waals surface area contributed by atoms with Crippen molar-refractivity contribution in [1.82, 2.24) is 5.32 Å². The summed E-state index contributed by atoms with van der Waals surface area (Å²) in [5.41, 5.74) is 1.21. The standard InChI is InChI=1S/C13H21NO2/c1-10(11-5-7-16-8-11)14-12-4-3-6-13(12,2)9-15/h5,7-8,10,12,14-15H,3-4,6,9H2,1-2H3. The van der Waals surface area contributed by atoms with Gasteiger partial charge in [0.15, 0.2) is 0 Å². The molecule has 1 aliphatic carbocycles. The van der Waals surface area contributed by atoms with Crippen LogP contribution in [0.25, 0.3) is 0 Å². The smallest absolute Gasteiger partial charge is 0.0950 e. The lowest BCUT2D eigenvalue weighted by molar-refractivity contribution is 0.114. The molecule has 0 bridgehead atoms. The summed E-state index contributed by atoms with van der Waals surface area (Å²) in [5.74, 6) is 0. The van der Waals surface area contributed by atoms with Crippen molar-refractivity contribution < 1.29 is 9.52 Å². The average Bonchev–Trinajstić information content (AvgIpc) is 2.89. The van der Waals surface area contributed by atoms with Gasteiger partial charge in [-0.1, -0.05) is 13.3 Å². The Labute approximate surface area is 96.8 Å². The minimum atomic E-state index is 0.0397. The molecule has 90 valence electrons. The predicted molar refractivity (Wildman–Crippen MR) is 63.1 cm³/mol. The zero-order valence-electron chi connectivity index (χ0n) is 10.1. The molecule has 3 heteroatoms. The summed E-state index contributed by atoms with van der Waals surface area (Å²) in [5, 5.41) is 13.1. The second-order valence-electron chi connectivity index (χ2n) is 5.20. The Balaban J connectivity index is 1.99. The van der Waals surface area contributed by atoms with Crippen molar-refractivity contribution >= 4 is 0 Å². The molecule has 3 nitrogen and oxygen atoms in total. The van der Waals surface area contributed by atoms with Crippen molar-refractivity contribution in [3.8, 4) is 0 Å². The van der Waals surface area contributed by atoms with E-state index in [1.165, 1.54) is 12.0 Å². The van der Waals surface area contributed by atoms with Gasteiger partial charge in [-0.2, -0.15) is 0 Å². The van der Waals surface area contributed by atoms with E-state index in [4.69, 9.17) is 4.42 Å². The summed E-state index contributed by atoms with van der Waals surface area (Å²) in [4.78, 5) is 0. The molecule has 0 aliphatic heterocycles. The van der Waals surface area contributed by atoms with Gasteiger partial charge in [-0.05, 0) is 25.8 Å². The molecule has 0 spiro atoms. The number of nitrogens with one attached hydrogen (secondary N) is 1. The lowest BCUT2D eigenvalue weighted by Gasteiger charge is -2.32. The molecular formula is C13H21NO2. The molecule has 2 rings (SSSR count). The maximum Gasteiger partial charge on any atom is 0.0950 e. The Kier molecular flexibility index (Phi) is 3.36. The molecule has 3 atom stereocenters. The van der Waals surface area contributed by atoms with Crippen LogP contribution in [0.15, 0.2) is 23.0 Å². The van der Waals surface area contributed by atoms with Gasteiger partial charge in [0.2, 0.25) is 0 Å². The maximum atomic E-state index is 9.48. The number of rotatable bonds is 4. The lowest BCUT2D eigenvalue weighted by Crippen LogP contribution is -2.42. The molecule has 1 aromatic heterocycles. The third-order valence-electron chi connectivity index (χ3n) is 3.94. The summed E-state index contributed by atoms with van der Waals surface area (Å²) in [6.45, 7) is 4.57. The Bertz CT molecular complexity index is 323. The first-order chi connectivity index (χ1) is 7.65. The van der Waals surface area contributed by atoms with Crippen LogP contribution in [0, 0.1) is 5.41 Å². The zero-order chi connectivity index (χ0) is 11.6. The van der Waals surface area contributed by atoms with E-state index < -0.39 is 0 Å². The molecule has 1 fully saturated rings. The molecule has 3 unspecified atom stereocenters. The van der Waals surface area contributed by atoms with Crippen molar-refractivity contribution in [1.29, 1.82) is 0 Å². The van der Waals surface area contributed by atoms with E-state index in [1.54, 1.807) is 12.5 Å². The van der Waals surface area contributed by atoms with Crippen LogP contribution >= 0.6 is 0 Å². The Morgan fingerprint density at radius 1 is 1.69 bits per heavy atom.